The fourth-order valence-corrected chi connectivity index (χ4v) is 1.06. The van der Waals surface area contributed by atoms with Crippen LogP contribution in [0.5, 0.6) is 0 Å². The molecule has 5 nitrogen and oxygen atoms in total. The third-order valence-corrected chi connectivity index (χ3v) is 1.61. The van der Waals surface area contributed by atoms with E-state index in [0.717, 1.165) is 4.60 Å². The molecule has 0 fully saturated rings. The maximum absolute atomic E-state index is 10.2. The highest BCUT2D eigenvalue weighted by atomic mass is 79.9. The summed E-state index contributed by atoms with van der Waals surface area (Å²) in [4.78, 5) is 14.1. The van der Waals surface area contributed by atoms with Crippen molar-refractivity contribution in [3.8, 4) is 0 Å². The number of imidazole rings is 1. The van der Waals surface area contributed by atoms with Crippen LogP contribution in [0.15, 0.2) is 17.1 Å². The van der Waals surface area contributed by atoms with Crippen LogP contribution in [-0.2, 0) is 11.3 Å². The highest BCUT2D eigenvalue weighted by molar-refractivity contribution is 9.10. The van der Waals surface area contributed by atoms with Crippen molar-refractivity contribution < 1.29 is 9.53 Å². The highest BCUT2D eigenvalue weighted by Gasteiger charge is 1.96. The molecule has 0 bridgehead atoms. The lowest BCUT2D eigenvalue weighted by Gasteiger charge is -2.00. The zero-order valence-corrected chi connectivity index (χ0v) is 7.82. The van der Waals surface area contributed by atoms with Gasteiger partial charge in [-0.25, -0.2) is 9.78 Å². The van der Waals surface area contributed by atoms with Crippen LogP contribution >= 0.6 is 15.9 Å². The second kappa shape index (κ2) is 4.10. The van der Waals surface area contributed by atoms with Crippen molar-refractivity contribution in [2.24, 2.45) is 5.73 Å². The van der Waals surface area contributed by atoms with Crippen LogP contribution in [0.4, 0.5) is 4.79 Å². The van der Waals surface area contributed by atoms with E-state index in [1.807, 2.05) is 0 Å². The summed E-state index contributed by atoms with van der Waals surface area (Å²) in [7, 11) is 0. The maximum Gasteiger partial charge on any atom is 0.404 e. The fraction of sp³-hybridized carbons (Fsp3) is 0.333. The van der Waals surface area contributed by atoms with E-state index in [9.17, 15) is 4.79 Å². The van der Waals surface area contributed by atoms with Gasteiger partial charge in [0.05, 0.1) is 12.9 Å². The summed E-state index contributed by atoms with van der Waals surface area (Å²) < 4.78 is 7.07. The average Bonchev–Trinajstić information content (AvgIpc) is 2.35. The summed E-state index contributed by atoms with van der Waals surface area (Å²) >= 11 is 3.19. The van der Waals surface area contributed by atoms with Crippen molar-refractivity contribution >= 4 is 22.0 Å². The molecule has 0 spiro atoms. The Kier molecular flexibility index (Phi) is 3.09. The van der Waals surface area contributed by atoms with Crippen LogP contribution in [0.1, 0.15) is 0 Å². The molecule has 6 heteroatoms. The first-order valence-corrected chi connectivity index (χ1v) is 4.07. The molecule has 0 aromatic carbocycles. The van der Waals surface area contributed by atoms with Crippen molar-refractivity contribution in [2.45, 2.75) is 6.54 Å². The number of amides is 1. The molecule has 0 unspecified atom stereocenters. The Bertz CT molecular complexity index is 274. The van der Waals surface area contributed by atoms with Gasteiger partial charge in [0.25, 0.3) is 0 Å². The van der Waals surface area contributed by atoms with E-state index in [4.69, 9.17) is 5.73 Å². The molecule has 0 aliphatic carbocycles. The summed E-state index contributed by atoms with van der Waals surface area (Å²) in [6.07, 6.45) is 2.66. The zero-order chi connectivity index (χ0) is 8.97. The Hall–Kier alpha value is -1.04. The van der Waals surface area contributed by atoms with Gasteiger partial charge in [0.1, 0.15) is 11.2 Å². The Morgan fingerprint density at radius 2 is 2.58 bits per heavy atom. The second-order valence-corrected chi connectivity index (χ2v) is 2.91. The van der Waals surface area contributed by atoms with E-state index < -0.39 is 6.09 Å². The van der Waals surface area contributed by atoms with E-state index in [1.54, 1.807) is 17.1 Å². The number of carbonyl (C=O) groups is 1. The van der Waals surface area contributed by atoms with E-state index in [2.05, 4.69) is 25.7 Å². The molecule has 0 saturated heterocycles. The molecular weight excluding hydrogens is 226 g/mol. The first-order chi connectivity index (χ1) is 5.68. The second-order valence-electron chi connectivity index (χ2n) is 2.10. The van der Waals surface area contributed by atoms with E-state index in [1.165, 1.54) is 0 Å². The molecule has 0 radical (unpaired) electrons. The van der Waals surface area contributed by atoms with Gasteiger partial charge >= 0.3 is 6.09 Å². The van der Waals surface area contributed by atoms with Crippen molar-refractivity contribution in [1.82, 2.24) is 9.55 Å². The number of rotatable bonds is 3. The number of halogens is 1. The van der Waals surface area contributed by atoms with Crippen LogP contribution in [0.3, 0.4) is 0 Å². The zero-order valence-electron chi connectivity index (χ0n) is 6.24. The van der Waals surface area contributed by atoms with Crippen LogP contribution in [0, 0.1) is 0 Å². The summed E-state index contributed by atoms with van der Waals surface area (Å²) in [5.41, 5.74) is 4.77. The minimum atomic E-state index is -0.755. The molecule has 0 aliphatic rings. The lowest BCUT2D eigenvalue weighted by atomic mass is 10.7. The smallest absolute Gasteiger partial charge is 0.404 e. The summed E-state index contributed by atoms with van der Waals surface area (Å²) in [6.45, 7) is 0.819. The van der Waals surface area contributed by atoms with Gasteiger partial charge in [0.15, 0.2) is 0 Å². The molecule has 66 valence electrons. The molecule has 1 aromatic rings. The van der Waals surface area contributed by atoms with Crippen LogP contribution in [-0.4, -0.2) is 22.3 Å². The van der Waals surface area contributed by atoms with Crippen LogP contribution < -0.4 is 5.73 Å². The number of carbonyl (C=O) groups excluding carboxylic acids is 1. The molecule has 2 N–H and O–H groups in total. The third kappa shape index (κ3) is 2.91. The number of hydrogen-bond acceptors (Lipinski definition) is 3. The number of ether oxygens (including phenoxy) is 1. The molecule has 0 atom stereocenters. The van der Waals surface area contributed by atoms with Crippen molar-refractivity contribution in [1.29, 1.82) is 0 Å². The number of hydrogen-bond donors (Lipinski definition) is 1. The van der Waals surface area contributed by atoms with Gasteiger partial charge in [-0.2, -0.15) is 0 Å². The van der Waals surface area contributed by atoms with Gasteiger partial charge in [-0.05, 0) is 15.9 Å². The largest absolute Gasteiger partial charge is 0.448 e. The first kappa shape index (κ1) is 9.05. The molecule has 1 heterocycles. The minimum Gasteiger partial charge on any atom is -0.448 e. The minimum absolute atomic E-state index is 0.262. The number of nitrogens with two attached hydrogens (primary N) is 1. The van der Waals surface area contributed by atoms with Crippen molar-refractivity contribution in [2.75, 3.05) is 6.61 Å². The SMILES string of the molecule is NC(=O)OCCn1cnc(Br)c1. The predicted octanol–water partition coefficient (Wildman–Crippen LogP) is 0.741. The Balaban J connectivity index is 2.29. The first-order valence-electron chi connectivity index (χ1n) is 3.28. The Morgan fingerprint density at radius 1 is 1.83 bits per heavy atom. The van der Waals surface area contributed by atoms with Gasteiger partial charge < -0.3 is 15.0 Å². The standard InChI is InChI=1S/C6H8BrN3O2/c7-5-3-10(4-9-5)1-2-12-6(8)11/h3-4H,1-2H2,(H2,8,11). The van der Waals surface area contributed by atoms with Crippen molar-refractivity contribution in [3.63, 3.8) is 0 Å². The summed E-state index contributed by atoms with van der Waals surface area (Å²) in [5.74, 6) is 0. The van der Waals surface area contributed by atoms with Gasteiger partial charge in [-0.1, -0.05) is 0 Å². The van der Waals surface area contributed by atoms with Crippen LogP contribution in [0.25, 0.3) is 0 Å². The number of primary amides is 1. The van der Waals surface area contributed by atoms with E-state index in [0.29, 0.717) is 6.54 Å². The van der Waals surface area contributed by atoms with Crippen LogP contribution in [0.2, 0.25) is 0 Å². The lowest BCUT2D eigenvalue weighted by Crippen LogP contribution is -2.16. The van der Waals surface area contributed by atoms with E-state index in [-0.39, 0.29) is 6.61 Å². The molecule has 1 rings (SSSR count). The normalized spacial score (nSPS) is 9.75. The van der Waals surface area contributed by atoms with Crippen molar-refractivity contribution in [3.05, 3.63) is 17.1 Å². The number of nitrogens with zero attached hydrogens (tertiary/aromatic N) is 2. The Labute approximate surface area is 77.6 Å². The predicted molar refractivity (Wildman–Crippen MR) is 45.5 cm³/mol. The quantitative estimate of drug-likeness (QED) is 0.838. The van der Waals surface area contributed by atoms with E-state index >= 15 is 0 Å². The number of aromatic nitrogens is 2. The van der Waals surface area contributed by atoms with Gasteiger partial charge in [0, 0.05) is 6.20 Å². The topological polar surface area (TPSA) is 70.1 Å². The summed E-state index contributed by atoms with van der Waals surface area (Å²) in [5, 5.41) is 0. The molecule has 1 amide bonds. The molecule has 0 aliphatic heterocycles. The third-order valence-electron chi connectivity index (χ3n) is 1.20. The fourth-order valence-electron chi connectivity index (χ4n) is 0.707. The molecular formula is C6H8BrN3O2. The van der Waals surface area contributed by atoms with Gasteiger partial charge in [-0.3, -0.25) is 0 Å². The molecule has 1 aromatic heterocycles. The highest BCUT2D eigenvalue weighted by Crippen LogP contribution is 2.03. The summed E-state index contributed by atoms with van der Waals surface area (Å²) in [6, 6.07) is 0. The Morgan fingerprint density at radius 3 is 3.08 bits per heavy atom. The molecule has 0 saturated carbocycles. The lowest BCUT2D eigenvalue weighted by molar-refractivity contribution is 0.152. The monoisotopic (exact) mass is 233 g/mol. The average molecular weight is 234 g/mol. The van der Waals surface area contributed by atoms with Gasteiger partial charge in [0.2, 0.25) is 0 Å². The van der Waals surface area contributed by atoms with Gasteiger partial charge in [-0.15, -0.1) is 0 Å². The maximum atomic E-state index is 10.2. The molecule has 12 heavy (non-hydrogen) atoms.